The van der Waals surface area contributed by atoms with Crippen LogP contribution in [0.2, 0.25) is 0 Å². The van der Waals surface area contributed by atoms with E-state index < -0.39 is 0 Å². The molecule has 1 aliphatic rings. The Balaban J connectivity index is 2.14. The van der Waals surface area contributed by atoms with E-state index in [2.05, 4.69) is 5.32 Å². The molecule has 16 heavy (non-hydrogen) atoms. The molecule has 0 aromatic heterocycles. The van der Waals surface area contributed by atoms with E-state index in [0.717, 1.165) is 29.7 Å². The van der Waals surface area contributed by atoms with Crippen LogP contribution in [-0.4, -0.2) is 19.6 Å². The van der Waals surface area contributed by atoms with Crippen LogP contribution < -0.4 is 15.8 Å². The van der Waals surface area contributed by atoms with Gasteiger partial charge in [0, 0.05) is 13.1 Å². The van der Waals surface area contributed by atoms with Crippen molar-refractivity contribution in [2.24, 2.45) is 5.73 Å². The summed E-state index contributed by atoms with van der Waals surface area (Å²) in [6, 6.07) is 5.95. The van der Waals surface area contributed by atoms with Gasteiger partial charge >= 0.3 is 0 Å². The monoisotopic (exact) mass is 220 g/mol. The molecular weight excluding hydrogens is 204 g/mol. The van der Waals surface area contributed by atoms with Crippen molar-refractivity contribution in [1.29, 1.82) is 0 Å². The minimum atomic E-state index is -0.125. The van der Waals surface area contributed by atoms with Gasteiger partial charge in [0.2, 0.25) is 0 Å². The van der Waals surface area contributed by atoms with E-state index in [1.807, 2.05) is 18.2 Å². The van der Waals surface area contributed by atoms with Gasteiger partial charge in [0.1, 0.15) is 5.75 Å². The molecular formula is C12H16N2O2. The fourth-order valence-electron chi connectivity index (χ4n) is 2.00. The SMILES string of the molecule is CNC(=O)COc1cccc2c1CCC2N. The summed E-state index contributed by atoms with van der Waals surface area (Å²) in [5.41, 5.74) is 8.26. The number of ether oxygens (including phenoxy) is 1. The molecule has 1 aliphatic carbocycles. The van der Waals surface area contributed by atoms with Crippen LogP contribution in [0.3, 0.4) is 0 Å². The maximum absolute atomic E-state index is 11.1. The van der Waals surface area contributed by atoms with Gasteiger partial charge in [-0.1, -0.05) is 12.1 Å². The van der Waals surface area contributed by atoms with Gasteiger partial charge in [-0.2, -0.15) is 0 Å². The molecule has 0 saturated carbocycles. The molecule has 1 atom stereocenters. The quantitative estimate of drug-likeness (QED) is 0.790. The second kappa shape index (κ2) is 4.53. The van der Waals surface area contributed by atoms with Crippen LogP contribution in [0.15, 0.2) is 18.2 Å². The van der Waals surface area contributed by atoms with Crippen molar-refractivity contribution in [2.45, 2.75) is 18.9 Å². The number of carbonyl (C=O) groups is 1. The molecule has 1 aromatic rings. The molecule has 86 valence electrons. The first-order valence-corrected chi connectivity index (χ1v) is 5.43. The number of nitrogens with one attached hydrogen (secondary N) is 1. The number of carbonyl (C=O) groups excluding carboxylic acids is 1. The van der Waals surface area contributed by atoms with Gasteiger partial charge in [0.15, 0.2) is 6.61 Å². The fraction of sp³-hybridized carbons (Fsp3) is 0.417. The van der Waals surface area contributed by atoms with Gasteiger partial charge in [-0.05, 0) is 30.0 Å². The van der Waals surface area contributed by atoms with Gasteiger partial charge < -0.3 is 15.8 Å². The summed E-state index contributed by atoms with van der Waals surface area (Å²) < 4.78 is 5.48. The zero-order chi connectivity index (χ0) is 11.5. The van der Waals surface area contributed by atoms with Crippen molar-refractivity contribution in [3.8, 4) is 5.75 Å². The van der Waals surface area contributed by atoms with Crippen molar-refractivity contribution in [1.82, 2.24) is 5.32 Å². The highest BCUT2D eigenvalue weighted by atomic mass is 16.5. The van der Waals surface area contributed by atoms with Crippen molar-refractivity contribution in [3.05, 3.63) is 29.3 Å². The van der Waals surface area contributed by atoms with Crippen LogP contribution in [0.4, 0.5) is 0 Å². The van der Waals surface area contributed by atoms with E-state index in [-0.39, 0.29) is 18.6 Å². The number of fused-ring (bicyclic) bond motifs is 1. The molecule has 0 heterocycles. The predicted octanol–water partition coefficient (Wildman–Crippen LogP) is 0.757. The summed E-state index contributed by atoms with van der Waals surface area (Å²) in [7, 11) is 1.59. The molecule has 0 fully saturated rings. The molecule has 0 saturated heterocycles. The van der Waals surface area contributed by atoms with E-state index in [0.29, 0.717) is 0 Å². The van der Waals surface area contributed by atoms with E-state index in [1.165, 1.54) is 0 Å². The van der Waals surface area contributed by atoms with E-state index in [9.17, 15) is 4.79 Å². The molecule has 4 heteroatoms. The Hall–Kier alpha value is -1.55. The van der Waals surface area contributed by atoms with E-state index in [1.54, 1.807) is 7.05 Å². The molecule has 3 N–H and O–H groups in total. The summed E-state index contributed by atoms with van der Waals surface area (Å²) in [6.45, 7) is 0.0577. The highest BCUT2D eigenvalue weighted by Gasteiger charge is 2.22. The smallest absolute Gasteiger partial charge is 0.257 e. The van der Waals surface area contributed by atoms with Gasteiger partial charge in [-0.25, -0.2) is 0 Å². The van der Waals surface area contributed by atoms with Gasteiger partial charge in [-0.15, -0.1) is 0 Å². The highest BCUT2D eigenvalue weighted by Crippen LogP contribution is 2.35. The Morgan fingerprint density at radius 2 is 2.44 bits per heavy atom. The molecule has 0 aliphatic heterocycles. The van der Waals surface area contributed by atoms with Crippen molar-refractivity contribution >= 4 is 5.91 Å². The standard InChI is InChI=1S/C12H16N2O2/c1-14-12(15)7-16-11-4-2-3-8-9(11)5-6-10(8)13/h2-4,10H,5-7,13H2,1H3,(H,14,15). The second-order valence-corrected chi connectivity index (χ2v) is 3.93. The average Bonchev–Trinajstić information content (AvgIpc) is 2.69. The molecule has 1 amide bonds. The number of hydrogen-bond donors (Lipinski definition) is 2. The maximum Gasteiger partial charge on any atom is 0.257 e. The summed E-state index contributed by atoms with van der Waals surface area (Å²) >= 11 is 0. The minimum Gasteiger partial charge on any atom is -0.483 e. The van der Waals surface area contributed by atoms with Crippen LogP contribution in [-0.2, 0) is 11.2 Å². The van der Waals surface area contributed by atoms with Crippen molar-refractivity contribution in [3.63, 3.8) is 0 Å². The average molecular weight is 220 g/mol. The lowest BCUT2D eigenvalue weighted by atomic mass is 10.1. The van der Waals surface area contributed by atoms with Crippen molar-refractivity contribution in [2.75, 3.05) is 13.7 Å². The third kappa shape index (κ3) is 2.02. The van der Waals surface area contributed by atoms with Crippen LogP contribution in [0.5, 0.6) is 5.75 Å². The Morgan fingerprint density at radius 1 is 1.62 bits per heavy atom. The molecule has 1 unspecified atom stereocenters. The lowest BCUT2D eigenvalue weighted by Gasteiger charge is -2.10. The normalized spacial score (nSPS) is 18.0. The lowest BCUT2D eigenvalue weighted by molar-refractivity contribution is -0.122. The number of amides is 1. The van der Waals surface area contributed by atoms with Crippen LogP contribution >= 0.6 is 0 Å². The molecule has 0 bridgehead atoms. The molecule has 1 aromatic carbocycles. The first-order chi connectivity index (χ1) is 7.72. The van der Waals surface area contributed by atoms with E-state index in [4.69, 9.17) is 10.5 Å². The first-order valence-electron chi connectivity index (χ1n) is 5.43. The summed E-state index contributed by atoms with van der Waals surface area (Å²) in [4.78, 5) is 11.1. The summed E-state index contributed by atoms with van der Waals surface area (Å²) in [5, 5.41) is 2.52. The van der Waals surface area contributed by atoms with Crippen LogP contribution in [0.1, 0.15) is 23.6 Å². The third-order valence-corrected chi connectivity index (χ3v) is 2.91. The molecule has 0 spiro atoms. The van der Waals surface area contributed by atoms with Gasteiger partial charge in [-0.3, -0.25) is 4.79 Å². The fourth-order valence-corrected chi connectivity index (χ4v) is 2.00. The summed E-state index contributed by atoms with van der Waals surface area (Å²) in [6.07, 6.45) is 1.89. The minimum absolute atomic E-state index is 0.0577. The number of benzene rings is 1. The molecule has 0 radical (unpaired) electrons. The topological polar surface area (TPSA) is 64.3 Å². The Kier molecular flexibility index (Phi) is 3.10. The first kappa shape index (κ1) is 11.0. The Bertz CT molecular complexity index is 404. The number of nitrogens with two attached hydrogens (primary N) is 1. The summed E-state index contributed by atoms with van der Waals surface area (Å²) in [5.74, 6) is 0.661. The zero-order valence-electron chi connectivity index (χ0n) is 9.32. The Labute approximate surface area is 94.8 Å². The Morgan fingerprint density at radius 3 is 3.19 bits per heavy atom. The van der Waals surface area contributed by atoms with Gasteiger partial charge in [0.05, 0.1) is 0 Å². The zero-order valence-corrected chi connectivity index (χ0v) is 9.32. The van der Waals surface area contributed by atoms with E-state index >= 15 is 0 Å². The van der Waals surface area contributed by atoms with Crippen LogP contribution in [0.25, 0.3) is 0 Å². The van der Waals surface area contributed by atoms with Gasteiger partial charge in [0.25, 0.3) is 5.91 Å². The maximum atomic E-state index is 11.1. The number of hydrogen-bond acceptors (Lipinski definition) is 3. The second-order valence-electron chi connectivity index (χ2n) is 3.93. The number of likely N-dealkylation sites (N-methyl/N-ethyl adjacent to an activating group) is 1. The largest absolute Gasteiger partial charge is 0.483 e. The predicted molar refractivity (Wildman–Crippen MR) is 61.3 cm³/mol. The van der Waals surface area contributed by atoms with Crippen molar-refractivity contribution < 1.29 is 9.53 Å². The molecule has 4 nitrogen and oxygen atoms in total. The van der Waals surface area contributed by atoms with Crippen LogP contribution in [0, 0.1) is 0 Å². The molecule has 2 rings (SSSR count). The lowest BCUT2D eigenvalue weighted by Crippen LogP contribution is -2.25. The number of rotatable bonds is 3. The highest BCUT2D eigenvalue weighted by molar-refractivity contribution is 5.77. The third-order valence-electron chi connectivity index (χ3n) is 2.91.